The Morgan fingerprint density at radius 2 is 2.15 bits per heavy atom. The van der Waals surface area contributed by atoms with Crippen molar-refractivity contribution in [1.82, 2.24) is 30.1 Å². The molecule has 5 rings (SSSR count). The van der Waals surface area contributed by atoms with Crippen LogP contribution in [0.2, 0.25) is 0 Å². The number of rotatable bonds is 3. The minimum Gasteiger partial charge on any atom is -0.377 e. The van der Waals surface area contributed by atoms with Crippen LogP contribution in [0.3, 0.4) is 0 Å². The number of aromatic nitrogens is 6. The number of nitrogens with one attached hydrogen (secondary N) is 1. The lowest BCUT2D eigenvalue weighted by atomic mass is 10.1. The van der Waals surface area contributed by atoms with E-state index in [0.29, 0.717) is 13.2 Å². The summed E-state index contributed by atoms with van der Waals surface area (Å²) < 4.78 is 5.62. The molecule has 0 amide bonds. The van der Waals surface area contributed by atoms with E-state index < -0.39 is 0 Å². The molecule has 4 aromatic rings. The number of hydrogen-bond donors (Lipinski definition) is 1. The molecule has 4 aromatic heterocycles. The van der Waals surface area contributed by atoms with Gasteiger partial charge in [0.1, 0.15) is 21.7 Å². The van der Waals surface area contributed by atoms with E-state index in [1.807, 2.05) is 6.07 Å². The molecule has 1 atom stereocenters. The maximum atomic E-state index is 5.62. The van der Waals surface area contributed by atoms with E-state index in [-0.39, 0.29) is 6.04 Å². The smallest absolute Gasteiger partial charge is 0.146 e. The van der Waals surface area contributed by atoms with Crippen molar-refractivity contribution in [2.24, 2.45) is 0 Å². The molecular formula is C18H17N7OS. The third-order valence-electron chi connectivity index (χ3n) is 4.61. The number of thiazole rings is 1. The number of nitrogens with zero attached hydrogens (tertiary/aromatic N) is 6. The van der Waals surface area contributed by atoms with Crippen LogP contribution in [-0.4, -0.2) is 55.9 Å². The molecule has 1 aliphatic rings. The summed E-state index contributed by atoms with van der Waals surface area (Å²) in [6.45, 7) is 4.39. The van der Waals surface area contributed by atoms with Crippen molar-refractivity contribution in [2.75, 3.05) is 24.7 Å². The number of fused-ring (bicyclic) bond motifs is 1. The van der Waals surface area contributed by atoms with Gasteiger partial charge in [-0.1, -0.05) is 11.3 Å². The molecule has 0 aromatic carbocycles. The molecule has 1 aliphatic heterocycles. The van der Waals surface area contributed by atoms with E-state index in [4.69, 9.17) is 14.7 Å². The molecule has 27 heavy (non-hydrogen) atoms. The molecule has 0 radical (unpaired) electrons. The van der Waals surface area contributed by atoms with Crippen molar-refractivity contribution in [3.63, 3.8) is 0 Å². The Morgan fingerprint density at radius 1 is 1.26 bits per heavy atom. The van der Waals surface area contributed by atoms with E-state index in [9.17, 15) is 0 Å². The Kier molecular flexibility index (Phi) is 4.02. The lowest BCUT2D eigenvalue weighted by molar-refractivity contribution is 0.0991. The highest BCUT2D eigenvalue weighted by Gasteiger charge is 2.24. The summed E-state index contributed by atoms with van der Waals surface area (Å²) in [5.41, 5.74) is 4.59. The summed E-state index contributed by atoms with van der Waals surface area (Å²) in [5.74, 6) is 0. The van der Waals surface area contributed by atoms with Crippen LogP contribution in [0.1, 0.15) is 6.92 Å². The number of anilines is 1. The highest BCUT2D eigenvalue weighted by Crippen LogP contribution is 2.37. The van der Waals surface area contributed by atoms with Gasteiger partial charge in [0.2, 0.25) is 0 Å². The average molecular weight is 379 g/mol. The number of hydrogen-bond acceptors (Lipinski definition) is 8. The van der Waals surface area contributed by atoms with Gasteiger partial charge in [0.15, 0.2) is 0 Å². The zero-order chi connectivity index (χ0) is 18.2. The summed E-state index contributed by atoms with van der Waals surface area (Å²) in [6.07, 6.45) is 6.82. The standard InChI is InChI=1S/C18H17N7OS/c1-11-9-26-5-4-25(11)15-6-14(12-7-19-10-20-8-12)22-18-16(15)23-17(27-18)13-2-3-21-24-13/h2-3,6-8,10-11H,4-5,9H2,1H3,(H,21,24)/t11-/m1/s1. The third-order valence-corrected chi connectivity index (χ3v) is 5.59. The van der Waals surface area contributed by atoms with Gasteiger partial charge >= 0.3 is 0 Å². The monoisotopic (exact) mass is 379 g/mol. The first kappa shape index (κ1) is 16.3. The summed E-state index contributed by atoms with van der Waals surface area (Å²) in [7, 11) is 0. The molecule has 0 unspecified atom stereocenters. The van der Waals surface area contributed by atoms with Gasteiger partial charge in [-0.25, -0.2) is 19.9 Å². The summed E-state index contributed by atoms with van der Waals surface area (Å²) >= 11 is 1.55. The van der Waals surface area contributed by atoms with E-state index in [0.717, 1.165) is 44.5 Å². The van der Waals surface area contributed by atoms with Gasteiger partial charge in [-0.2, -0.15) is 5.10 Å². The first-order valence-electron chi connectivity index (χ1n) is 8.70. The van der Waals surface area contributed by atoms with Crippen molar-refractivity contribution >= 4 is 27.4 Å². The SMILES string of the molecule is C[C@@H]1COCCN1c1cc(-c2cncnc2)nc2sc(-c3ccn[nH]3)nc12. The lowest BCUT2D eigenvalue weighted by Crippen LogP contribution is -2.43. The predicted octanol–water partition coefficient (Wildman–Crippen LogP) is 2.76. The van der Waals surface area contributed by atoms with Crippen LogP contribution in [0.5, 0.6) is 0 Å². The number of ether oxygens (including phenoxy) is 1. The van der Waals surface area contributed by atoms with Crippen LogP contribution in [0, 0.1) is 0 Å². The Labute approximate surface area is 159 Å². The third kappa shape index (κ3) is 2.94. The fourth-order valence-electron chi connectivity index (χ4n) is 3.27. The molecule has 0 aliphatic carbocycles. The van der Waals surface area contributed by atoms with Gasteiger partial charge in [0, 0.05) is 36.7 Å². The van der Waals surface area contributed by atoms with E-state index in [1.165, 1.54) is 6.33 Å². The Bertz CT molecular complexity index is 1060. The predicted molar refractivity (Wildman–Crippen MR) is 104 cm³/mol. The van der Waals surface area contributed by atoms with Gasteiger partial charge in [0.25, 0.3) is 0 Å². The van der Waals surface area contributed by atoms with Crippen LogP contribution < -0.4 is 4.90 Å². The van der Waals surface area contributed by atoms with Crippen LogP contribution in [-0.2, 0) is 4.74 Å². The second-order valence-corrected chi connectivity index (χ2v) is 7.39. The number of aromatic amines is 1. The summed E-state index contributed by atoms with van der Waals surface area (Å²) in [4.78, 5) is 21.2. The normalized spacial score (nSPS) is 17.5. The quantitative estimate of drug-likeness (QED) is 0.585. The van der Waals surface area contributed by atoms with Crippen molar-refractivity contribution in [1.29, 1.82) is 0 Å². The maximum absolute atomic E-state index is 5.62. The second-order valence-electron chi connectivity index (χ2n) is 6.41. The summed E-state index contributed by atoms with van der Waals surface area (Å²) in [6, 6.07) is 4.27. The number of morpholine rings is 1. The largest absolute Gasteiger partial charge is 0.377 e. The molecule has 8 nitrogen and oxygen atoms in total. The molecule has 1 N–H and O–H groups in total. The minimum atomic E-state index is 0.265. The Hall–Kier alpha value is -2.91. The highest BCUT2D eigenvalue weighted by molar-refractivity contribution is 7.21. The Balaban J connectivity index is 1.71. The minimum absolute atomic E-state index is 0.265. The van der Waals surface area contributed by atoms with Gasteiger partial charge < -0.3 is 9.64 Å². The van der Waals surface area contributed by atoms with Crippen molar-refractivity contribution in [3.8, 4) is 22.0 Å². The molecule has 1 fully saturated rings. The van der Waals surface area contributed by atoms with E-state index in [2.05, 4.69) is 38.1 Å². The topological polar surface area (TPSA) is 92.7 Å². The fraction of sp³-hybridized carbons (Fsp3) is 0.278. The van der Waals surface area contributed by atoms with Crippen molar-refractivity contribution in [2.45, 2.75) is 13.0 Å². The zero-order valence-corrected chi connectivity index (χ0v) is 15.5. The van der Waals surface area contributed by atoms with Crippen LogP contribution in [0.25, 0.3) is 32.3 Å². The summed E-state index contributed by atoms with van der Waals surface area (Å²) in [5, 5.41) is 7.89. The first-order valence-corrected chi connectivity index (χ1v) is 9.52. The average Bonchev–Trinajstić information content (AvgIpc) is 3.38. The van der Waals surface area contributed by atoms with Gasteiger partial charge in [-0.05, 0) is 19.1 Å². The molecule has 0 saturated carbocycles. The van der Waals surface area contributed by atoms with Crippen LogP contribution >= 0.6 is 11.3 Å². The first-order chi connectivity index (χ1) is 13.3. The van der Waals surface area contributed by atoms with Crippen molar-refractivity contribution < 1.29 is 4.74 Å². The molecule has 5 heterocycles. The lowest BCUT2D eigenvalue weighted by Gasteiger charge is -2.35. The second kappa shape index (κ2) is 6.67. The van der Waals surface area contributed by atoms with Crippen molar-refractivity contribution in [3.05, 3.63) is 37.1 Å². The highest BCUT2D eigenvalue weighted by atomic mass is 32.1. The molecule has 0 spiro atoms. The number of pyridine rings is 1. The molecule has 1 saturated heterocycles. The van der Waals surface area contributed by atoms with Crippen LogP contribution in [0.15, 0.2) is 37.1 Å². The van der Waals surface area contributed by atoms with Crippen LogP contribution in [0.4, 0.5) is 5.69 Å². The van der Waals surface area contributed by atoms with Gasteiger partial charge in [-0.15, -0.1) is 0 Å². The Morgan fingerprint density at radius 3 is 2.93 bits per heavy atom. The van der Waals surface area contributed by atoms with E-state index >= 15 is 0 Å². The van der Waals surface area contributed by atoms with E-state index in [1.54, 1.807) is 29.9 Å². The molecular weight excluding hydrogens is 362 g/mol. The molecule has 9 heteroatoms. The maximum Gasteiger partial charge on any atom is 0.146 e. The molecule has 136 valence electrons. The fourth-order valence-corrected chi connectivity index (χ4v) is 4.20. The zero-order valence-electron chi connectivity index (χ0n) is 14.7. The molecule has 0 bridgehead atoms. The number of H-pyrrole nitrogens is 1. The van der Waals surface area contributed by atoms with Gasteiger partial charge in [-0.3, -0.25) is 5.10 Å². The van der Waals surface area contributed by atoms with Gasteiger partial charge in [0.05, 0.1) is 30.3 Å².